The number of rotatable bonds is 3. The van der Waals surface area contributed by atoms with E-state index in [1.165, 1.54) is 0 Å². The largest absolute Gasteiger partial charge is 0.485 e. The van der Waals surface area contributed by atoms with Gasteiger partial charge in [-0.2, -0.15) is 0 Å². The first kappa shape index (κ1) is 25.0. The summed E-state index contributed by atoms with van der Waals surface area (Å²) in [6.07, 6.45) is 7.48. The molecule has 1 fully saturated rings. The summed E-state index contributed by atoms with van der Waals surface area (Å²) in [6, 6.07) is 12.6. The minimum absolute atomic E-state index is 0.0557. The summed E-state index contributed by atoms with van der Waals surface area (Å²) in [5.41, 5.74) is 0.532. The molecular weight excluding hydrogens is 446 g/mol. The van der Waals surface area contributed by atoms with Crippen molar-refractivity contribution < 1.29 is 23.8 Å². The van der Waals surface area contributed by atoms with Gasteiger partial charge in [0.05, 0.1) is 18.7 Å². The van der Waals surface area contributed by atoms with Crippen molar-refractivity contribution in [1.29, 1.82) is 0 Å². The van der Waals surface area contributed by atoms with Crippen LogP contribution in [0.25, 0.3) is 0 Å². The number of nitrogens with zero attached hydrogens (tertiary/aromatic N) is 3. The van der Waals surface area contributed by atoms with Gasteiger partial charge in [0.2, 0.25) is 5.88 Å². The molecule has 2 aromatic rings. The maximum absolute atomic E-state index is 13.1. The number of aromatic nitrogens is 1. The fourth-order valence-corrected chi connectivity index (χ4v) is 4.49. The number of hydrogen-bond donors (Lipinski definition) is 0. The summed E-state index contributed by atoms with van der Waals surface area (Å²) >= 11 is 0. The number of fused-ring (bicyclic) bond motifs is 2. The molecule has 0 unspecified atom stereocenters. The minimum Gasteiger partial charge on any atom is -0.485 e. The molecule has 1 aromatic carbocycles. The van der Waals surface area contributed by atoms with E-state index in [1.807, 2.05) is 31.3 Å². The van der Waals surface area contributed by atoms with E-state index in [4.69, 9.17) is 14.2 Å². The molecule has 2 atom stereocenters. The highest BCUT2D eigenvalue weighted by molar-refractivity contribution is 5.96. The van der Waals surface area contributed by atoms with Crippen LogP contribution in [0.1, 0.15) is 48.9 Å². The third kappa shape index (κ3) is 6.94. The minimum atomic E-state index is -0.374. The van der Waals surface area contributed by atoms with Crippen LogP contribution in [0.3, 0.4) is 0 Å². The van der Waals surface area contributed by atoms with E-state index in [2.05, 4.69) is 4.98 Å². The van der Waals surface area contributed by atoms with E-state index in [1.54, 1.807) is 34.2 Å². The van der Waals surface area contributed by atoms with E-state index >= 15 is 0 Å². The normalized spacial score (nSPS) is 22.1. The summed E-state index contributed by atoms with van der Waals surface area (Å²) in [4.78, 5) is 33.6. The van der Waals surface area contributed by atoms with Gasteiger partial charge in [-0.3, -0.25) is 9.59 Å². The molecule has 2 aliphatic heterocycles. The number of carbonyl (C=O) groups is 2. The number of likely N-dealkylation sites (tertiary alicyclic amines) is 1. The van der Waals surface area contributed by atoms with Crippen molar-refractivity contribution in [1.82, 2.24) is 14.8 Å². The van der Waals surface area contributed by atoms with Crippen molar-refractivity contribution in [2.75, 3.05) is 39.9 Å². The number of amides is 2. The second kappa shape index (κ2) is 12.5. The van der Waals surface area contributed by atoms with Crippen LogP contribution in [-0.2, 0) is 9.53 Å². The van der Waals surface area contributed by atoms with Gasteiger partial charge < -0.3 is 24.0 Å². The first-order valence-corrected chi connectivity index (χ1v) is 12.6. The van der Waals surface area contributed by atoms with Crippen molar-refractivity contribution in [2.24, 2.45) is 0 Å². The Morgan fingerprint density at radius 1 is 1.00 bits per heavy atom. The summed E-state index contributed by atoms with van der Waals surface area (Å²) < 4.78 is 18.1. The molecule has 35 heavy (non-hydrogen) atoms. The van der Waals surface area contributed by atoms with Gasteiger partial charge >= 0.3 is 0 Å². The Morgan fingerprint density at radius 3 is 2.57 bits per heavy atom. The summed E-state index contributed by atoms with van der Waals surface area (Å²) in [5.74, 6) is 0.730. The average molecular weight is 482 g/mol. The monoisotopic (exact) mass is 481 g/mol. The number of carbonyl (C=O) groups excluding carboxylic acids is 2. The van der Waals surface area contributed by atoms with E-state index in [-0.39, 0.29) is 30.6 Å². The van der Waals surface area contributed by atoms with E-state index in [0.717, 1.165) is 45.1 Å². The Bertz CT molecular complexity index is 970. The van der Waals surface area contributed by atoms with Crippen molar-refractivity contribution in [3.63, 3.8) is 0 Å². The lowest BCUT2D eigenvalue weighted by molar-refractivity contribution is -0.133. The van der Waals surface area contributed by atoms with Crippen LogP contribution in [0.5, 0.6) is 11.6 Å². The van der Waals surface area contributed by atoms with Crippen LogP contribution in [0.4, 0.5) is 0 Å². The zero-order chi connectivity index (χ0) is 24.5. The maximum Gasteiger partial charge on any atom is 0.260 e. The molecule has 1 aromatic heterocycles. The quantitative estimate of drug-likeness (QED) is 0.667. The first-order chi connectivity index (χ1) is 17.1. The molecule has 8 heteroatoms. The fraction of sp³-hybridized carbons (Fsp3) is 0.519. The molecule has 3 heterocycles. The smallest absolute Gasteiger partial charge is 0.260 e. The maximum atomic E-state index is 13.1. The lowest BCUT2D eigenvalue weighted by atomic mass is 10.1. The highest BCUT2D eigenvalue weighted by Gasteiger charge is 2.38. The van der Waals surface area contributed by atoms with Crippen LogP contribution in [0.15, 0.2) is 48.7 Å². The fourth-order valence-electron chi connectivity index (χ4n) is 4.49. The number of ether oxygens (including phenoxy) is 3. The van der Waals surface area contributed by atoms with Crippen molar-refractivity contribution in [2.45, 2.75) is 50.7 Å². The highest BCUT2D eigenvalue weighted by atomic mass is 16.5. The van der Waals surface area contributed by atoms with Crippen LogP contribution in [0.2, 0.25) is 0 Å². The zero-order valence-corrected chi connectivity index (χ0v) is 20.4. The van der Waals surface area contributed by atoms with Gasteiger partial charge in [0, 0.05) is 32.5 Å². The van der Waals surface area contributed by atoms with Gasteiger partial charge in [0.1, 0.15) is 18.0 Å². The first-order valence-electron chi connectivity index (χ1n) is 12.6. The molecular formula is C27H35N3O5. The average Bonchev–Trinajstić information content (AvgIpc) is 3.28. The Balaban J connectivity index is 1.47. The van der Waals surface area contributed by atoms with Crippen LogP contribution >= 0.6 is 0 Å². The zero-order valence-electron chi connectivity index (χ0n) is 20.4. The molecule has 0 saturated carbocycles. The molecule has 188 valence electrons. The molecule has 0 bridgehead atoms. The summed E-state index contributed by atoms with van der Waals surface area (Å²) in [6.45, 7) is 2.04. The number of pyridine rings is 1. The van der Waals surface area contributed by atoms with Gasteiger partial charge in [0.25, 0.3) is 11.8 Å². The SMILES string of the molecule is CN1CCCCCCCCO[C@@H]2CN(C(=O)COc3ccccn3)C[C@H]2Oc2ccccc2C1=O. The Labute approximate surface area is 207 Å². The molecule has 8 nitrogen and oxygen atoms in total. The van der Waals surface area contributed by atoms with Crippen molar-refractivity contribution >= 4 is 11.8 Å². The van der Waals surface area contributed by atoms with Crippen LogP contribution in [-0.4, -0.2) is 78.7 Å². The highest BCUT2D eigenvalue weighted by Crippen LogP contribution is 2.26. The van der Waals surface area contributed by atoms with E-state index < -0.39 is 0 Å². The Hall–Kier alpha value is -3.13. The van der Waals surface area contributed by atoms with Gasteiger partial charge in [-0.05, 0) is 31.0 Å². The molecule has 0 aliphatic carbocycles. The second-order valence-electron chi connectivity index (χ2n) is 9.17. The number of hydrogen-bond acceptors (Lipinski definition) is 6. The lowest BCUT2D eigenvalue weighted by Crippen LogP contribution is -2.35. The van der Waals surface area contributed by atoms with Gasteiger partial charge in [0.15, 0.2) is 6.61 Å². The number of benzene rings is 1. The molecule has 0 radical (unpaired) electrons. The molecule has 4 rings (SSSR count). The van der Waals surface area contributed by atoms with E-state index in [0.29, 0.717) is 36.9 Å². The third-order valence-electron chi connectivity index (χ3n) is 6.51. The standard InChI is InChI=1S/C27H35N3O5/c1-29-16-10-4-2-3-5-11-17-33-23-18-30(26(31)20-34-25-14-8-9-15-28-25)19-24(23)35-22-13-7-6-12-21(22)27(29)32/h6-9,12-15,23-24H,2-5,10-11,16-20H2,1H3/t23-,24-/m1/s1. The van der Waals surface area contributed by atoms with Crippen LogP contribution in [0, 0.1) is 0 Å². The van der Waals surface area contributed by atoms with Crippen LogP contribution < -0.4 is 9.47 Å². The van der Waals surface area contributed by atoms with Crippen molar-refractivity contribution in [3.05, 3.63) is 54.2 Å². The van der Waals surface area contributed by atoms with Gasteiger partial charge in [-0.15, -0.1) is 0 Å². The van der Waals surface area contributed by atoms with Crippen molar-refractivity contribution in [3.8, 4) is 11.6 Å². The molecule has 2 amide bonds. The number of para-hydroxylation sites is 1. The third-order valence-corrected chi connectivity index (χ3v) is 6.51. The summed E-state index contributed by atoms with van der Waals surface area (Å²) in [5, 5.41) is 0. The molecule has 2 aliphatic rings. The van der Waals surface area contributed by atoms with Gasteiger partial charge in [-0.1, -0.05) is 43.9 Å². The lowest BCUT2D eigenvalue weighted by Gasteiger charge is -2.24. The predicted molar refractivity (Wildman–Crippen MR) is 132 cm³/mol. The molecule has 0 spiro atoms. The van der Waals surface area contributed by atoms with E-state index in [9.17, 15) is 9.59 Å². The molecule has 0 N–H and O–H groups in total. The second-order valence-corrected chi connectivity index (χ2v) is 9.17. The Kier molecular flexibility index (Phi) is 8.95. The summed E-state index contributed by atoms with van der Waals surface area (Å²) in [7, 11) is 1.84. The predicted octanol–water partition coefficient (Wildman–Crippen LogP) is 3.56. The van der Waals surface area contributed by atoms with Gasteiger partial charge in [-0.25, -0.2) is 4.98 Å². The molecule has 1 saturated heterocycles. The Morgan fingerprint density at radius 2 is 1.74 bits per heavy atom. The topological polar surface area (TPSA) is 81.2 Å².